The van der Waals surface area contributed by atoms with E-state index < -0.39 is 11.5 Å². The van der Waals surface area contributed by atoms with Gasteiger partial charge < -0.3 is 9.84 Å². The highest BCUT2D eigenvalue weighted by molar-refractivity contribution is 5.79. The van der Waals surface area contributed by atoms with Crippen molar-refractivity contribution in [2.75, 3.05) is 0 Å². The highest BCUT2D eigenvalue weighted by Gasteiger charge is 2.46. The molecule has 2 atom stereocenters. The van der Waals surface area contributed by atoms with E-state index in [1.54, 1.807) is 0 Å². The Kier molecular flexibility index (Phi) is 4.57. The van der Waals surface area contributed by atoms with E-state index in [1.165, 1.54) is 5.56 Å². The van der Waals surface area contributed by atoms with Gasteiger partial charge in [0.25, 0.3) is 0 Å². The molecule has 1 aliphatic rings. The molecule has 116 valence electrons. The van der Waals surface area contributed by atoms with Gasteiger partial charge in [0.2, 0.25) is 0 Å². The molecule has 1 aliphatic carbocycles. The number of carbonyl (C=O) groups is 1. The summed E-state index contributed by atoms with van der Waals surface area (Å²) in [6.07, 6.45) is 1.83. The van der Waals surface area contributed by atoms with Crippen molar-refractivity contribution < 1.29 is 14.6 Å². The third-order valence-electron chi connectivity index (χ3n) is 4.07. The Bertz CT molecular complexity index is 527. The van der Waals surface area contributed by atoms with E-state index in [1.807, 2.05) is 39.8 Å². The molecule has 0 heterocycles. The Hall–Kier alpha value is -1.55. The third kappa shape index (κ3) is 3.56. The number of hydrogen-bond acceptors (Lipinski definition) is 3. The monoisotopic (exact) mass is 291 g/mol. The predicted molar refractivity (Wildman–Crippen MR) is 82.8 cm³/mol. The number of aryl methyl sites for hydroxylation is 2. The van der Waals surface area contributed by atoms with Crippen molar-refractivity contribution in [1.82, 2.24) is 5.32 Å². The number of aliphatic carboxylic acids is 1. The molecule has 1 aromatic rings. The highest BCUT2D eigenvalue weighted by Crippen LogP contribution is 2.34. The molecule has 0 spiro atoms. The van der Waals surface area contributed by atoms with Crippen LogP contribution in [0.5, 0.6) is 5.75 Å². The Morgan fingerprint density at radius 2 is 2.14 bits per heavy atom. The summed E-state index contributed by atoms with van der Waals surface area (Å²) in [5, 5.41) is 12.8. The van der Waals surface area contributed by atoms with Crippen LogP contribution in [0.2, 0.25) is 0 Å². The van der Waals surface area contributed by atoms with Crippen LogP contribution >= 0.6 is 0 Å². The summed E-state index contributed by atoms with van der Waals surface area (Å²) < 4.78 is 6.04. The number of carboxylic acids is 1. The Morgan fingerprint density at radius 3 is 2.71 bits per heavy atom. The van der Waals surface area contributed by atoms with E-state index in [0.717, 1.165) is 17.7 Å². The summed E-state index contributed by atoms with van der Waals surface area (Å²) in [5.41, 5.74) is 1.45. The van der Waals surface area contributed by atoms with Crippen LogP contribution in [0.15, 0.2) is 18.2 Å². The van der Waals surface area contributed by atoms with Crippen LogP contribution in [0.1, 0.15) is 44.2 Å². The number of benzene rings is 1. The zero-order chi connectivity index (χ0) is 15.6. The molecule has 4 heteroatoms. The van der Waals surface area contributed by atoms with Crippen LogP contribution in [0.4, 0.5) is 0 Å². The summed E-state index contributed by atoms with van der Waals surface area (Å²) >= 11 is 0. The fourth-order valence-electron chi connectivity index (χ4n) is 3.15. The van der Waals surface area contributed by atoms with E-state index in [0.29, 0.717) is 12.8 Å². The summed E-state index contributed by atoms with van der Waals surface area (Å²) in [5.74, 6) is 0.0827. The van der Waals surface area contributed by atoms with Crippen molar-refractivity contribution in [2.24, 2.45) is 0 Å². The molecule has 2 N–H and O–H groups in total. The first kappa shape index (κ1) is 15.8. The lowest BCUT2D eigenvalue weighted by atomic mass is 9.96. The number of carboxylic acid groups (broad SMARTS) is 1. The van der Waals surface area contributed by atoms with E-state index in [2.05, 4.69) is 11.4 Å². The van der Waals surface area contributed by atoms with Crippen molar-refractivity contribution in [3.05, 3.63) is 29.3 Å². The molecular weight excluding hydrogens is 266 g/mol. The molecule has 1 fully saturated rings. The van der Waals surface area contributed by atoms with Gasteiger partial charge in [-0.3, -0.25) is 10.1 Å². The van der Waals surface area contributed by atoms with Crippen molar-refractivity contribution in [3.8, 4) is 5.75 Å². The zero-order valence-corrected chi connectivity index (χ0v) is 13.3. The molecular formula is C17H25NO3. The second-order valence-electron chi connectivity index (χ2n) is 6.44. The maximum Gasteiger partial charge on any atom is 0.324 e. The molecule has 4 nitrogen and oxygen atoms in total. The summed E-state index contributed by atoms with van der Waals surface area (Å²) in [6, 6.07) is 6.22. The maximum absolute atomic E-state index is 11.7. The first-order valence-electron chi connectivity index (χ1n) is 7.57. The lowest BCUT2D eigenvalue weighted by Crippen LogP contribution is -2.53. The van der Waals surface area contributed by atoms with Gasteiger partial charge in [0, 0.05) is 12.5 Å². The summed E-state index contributed by atoms with van der Waals surface area (Å²) in [4.78, 5) is 11.7. The minimum absolute atomic E-state index is 0.0474. The Morgan fingerprint density at radius 1 is 1.43 bits per heavy atom. The van der Waals surface area contributed by atoms with Gasteiger partial charge >= 0.3 is 5.97 Å². The average molecular weight is 291 g/mol. The van der Waals surface area contributed by atoms with Crippen LogP contribution in [-0.4, -0.2) is 28.8 Å². The van der Waals surface area contributed by atoms with Crippen LogP contribution in [0.25, 0.3) is 0 Å². The molecule has 2 rings (SSSR count). The van der Waals surface area contributed by atoms with E-state index in [4.69, 9.17) is 4.74 Å². The van der Waals surface area contributed by atoms with Gasteiger partial charge in [-0.2, -0.15) is 0 Å². The largest absolute Gasteiger partial charge is 0.490 e. The Balaban J connectivity index is 2.09. The van der Waals surface area contributed by atoms with Gasteiger partial charge in [-0.1, -0.05) is 17.7 Å². The lowest BCUT2D eigenvalue weighted by Gasteiger charge is -2.28. The number of hydrogen-bond donors (Lipinski definition) is 2. The van der Waals surface area contributed by atoms with Crippen molar-refractivity contribution >= 4 is 5.97 Å². The smallest absolute Gasteiger partial charge is 0.324 e. The number of ether oxygens (including phenoxy) is 1. The standard InChI is InChI=1S/C17H25NO3/c1-11(2)18-17(16(19)20)8-7-14(10-17)21-15-6-5-12(3)9-13(15)4/h5-6,9,11,14,18H,7-8,10H2,1-4H3,(H,19,20). The van der Waals surface area contributed by atoms with Crippen LogP contribution in [0, 0.1) is 13.8 Å². The molecule has 1 aromatic carbocycles. The normalized spacial score (nSPS) is 25.3. The molecule has 0 bridgehead atoms. The van der Waals surface area contributed by atoms with E-state index >= 15 is 0 Å². The van der Waals surface area contributed by atoms with E-state index in [-0.39, 0.29) is 12.1 Å². The van der Waals surface area contributed by atoms with Gasteiger partial charge in [-0.15, -0.1) is 0 Å². The first-order valence-corrected chi connectivity index (χ1v) is 7.57. The van der Waals surface area contributed by atoms with Crippen LogP contribution in [0.3, 0.4) is 0 Å². The SMILES string of the molecule is Cc1ccc(OC2CCC(NC(C)C)(C(=O)O)C2)c(C)c1. The van der Waals surface area contributed by atoms with Crippen LogP contribution < -0.4 is 10.1 Å². The van der Waals surface area contributed by atoms with Gasteiger partial charge in [0.15, 0.2) is 0 Å². The Labute approximate surface area is 126 Å². The van der Waals surface area contributed by atoms with Crippen molar-refractivity contribution in [1.29, 1.82) is 0 Å². The van der Waals surface area contributed by atoms with Gasteiger partial charge in [-0.05, 0) is 52.2 Å². The van der Waals surface area contributed by atoms with Gasteiger partial charge in [0.1, 0.15) is 17.4 Å². The van der Waals surface area contributed by atoms with Gasteiger partial charge in [-0.25, -0.2) is 0 Å². The van der Waals surface area contributed by atoms with Crippen molar-refractivity contribution in [3.63, 3.8) is 0 Å². The fourth-order valence-corrected chi connectivity index (χ4v) is 3.15. The lowest BCUT2D eigenvalue weighted by molar-refractivity contribution is -0.145. The molecule has 0 radical (unpaired) electrons. The molecule has 1 saturated carbocycles. The fraction of sp³-hybridized carbons (Fsp3) is 0.588. The minimum atomic E-state index is -0.850. The van der Waals surface area contributed by atoms with Crippen molar-refractivity contribution in [2.45, 2.75) is 64.6 Å². The average Bonchev–Trinajstić information content (AvgIpc) is 2.76. The quantitative estimate of drug-likeness (QED) is 0.875. The molecule has 0 saturated heterocycles. The summed E-state index contributed by atoms with van der Waals surface area (Å²) in [7, 11) is 0. The predicted octanol–water partition coefficient (Wildman–Crippen LogP) is 3.06. The molecule has 2 unspecified atom stereocenters. The van der Waals surface area contributed by atoms with Crippen LogP contribution in [-0.2, 0) is 4.79 Å². The summed E-state index contributed by atoms with van der Waals surface area (Å²) in [6.45, 7) is 8.02. The van der Waals surface area contributed by atoms with Gasteiger partial charge in [0.05, 0.1) is 0 Å². The molecule has 0 amide bonds. The molecule has 0 aromatic heterocycles. The highest BCUT2D eigenvalue weighted by atomic mass is 16.5. The minimum Gasteiger partial charge on any atom is -0.490 e. The third-order valence-corrected chi connectivity index (χ3v) is 4.07. The molecule has 0 aliphatic heterocycles. The number of rotatable bonds is 5. The number of nitrogens with one attached hydrogen (secondary N) is 1. The zero-order valence-electron chi connectivity index (χ0n) is 13.3. The van der Waals surface area contributed by atoms with E-state index in [9.17, 15) is 9.90 Å². The second kappa shape index (κ2) is 6.06. The topological polar surface area (TPSA) is 58.6 Å². The second-order valence-corrected chi connectivity index (χ2v) is 6.44. The molecule has 21 heavy (non-hydrogen) atoms. The first-order chi connectivity index (χ1) is 9.82. The maximum atomic E-state index is 11.7.